The lowest BCUT2D eigenvalue weighted by Gasteiger charge is -2.00. The van der Waals surface area contributed by atoms with E-state index in [-0.39, 0.29) is 18.2 Å². The lowest BCUT2D eigenvalue weighted by Crippen LogP contribution is -2.08. The molecule has 0 amide bonds. The molecule has 0 radical (unpaired) electrons. The minimum Gasteiger partial charge on any atom is -0.308 e. The average molecular weight is 197 g/mol. The van der Waals surface area contributed by atoms with Crippen molar-refractivity contribution in [3.8, 4) is 0 Å². The first-order valence-electron chi connectivity index (χ1n) is 2.70. The van der Waals surface area contributed by atoms with E-state index in [1.807, 2.05) is 0 Å². The third-order valence-corrected chi connectivity index (χ3v) is 1.11. The normalized spacial score (nSPS) is 8.55. The summed E-state index contributed by atoms with van der Waals surface area (Å²) in [6.45, 7) is 0. The summed E-state index contributed by atoms with van der Waals surface area (Å²) in [6.07, 6.45) is 0. The molecule has 1 rings (SSSR count). The first-order chi connectivity index (χ1) is 4.83. The van der Waals surface area contributed by atoms with Gasteiger partial charge in [0.2, 0.25) is 0 Å². The highest BCUT2D eigenvalue weighted by Gasteiger charge is 1.90. The minimum atomic E-state index is -0.295. The monoisotopic (exact) mass is 196 g/mol. The molecular weight excluding hydrogens is 190 g/mol. The summed E-state index contributed by atoms with van der Waals surface area (Å²) in [5.74, 6) is -0.295. The van der Waals surface area contributed by atoms with Gasteiger partial charge in [-0.15, -0.1) is 17.4 Å². The van der Waals surface area contributed by atoms with Gasteiger partial charge in [0.05, 0.1) is 5.69 Å². The van der Waals surface area contributed by atoms with Gasteiger partial charge < -0.3 is 5.43 Å². The molecule has 0 saturated heterocycles. The first-order valence-corrected chi connectivity index (χ1v) is 3.08. The Labute approximate surface area is 75.2 Å². The number of benzene rings is 1. The molecule has 0 aliphatic rings. The van der Waals surface area contributed by atoms with Gasteiger partial charge in [-0.2, -0.15) is 0 Å². The molecule has 1 aromatic rings. The zero-order chi connectivity index (χ0) is 7.40. The summed E-state index contributed by atoms with van der Waals surface area (Å²) in [7, 11) is 0. The van der Waals surface area contributed by atoms with E-state index in [1.165, 1.54) is 12.1 Å². The molecule has 2 N–H and O–H groups in total. The lowest BCUT2D eigenvalue weighted by molar-refractivity contribution is 0.628. The van der Waals surface area contributed by atoms with Crippen molar-refractivity contribution in [2.45, 2.75) is 0 Å². The van der Waals surface area contributed by atoms with Crippen molar-refractivity contribution in [2.24, 2.45) is 0 Å². The second kappa shape index (κ2) is 5.18. The molecule has 1 aromatic carbocycles. The molecule has 0 spiro atoms. The largest absolute Gasteiger partial charge is 0.308 e. The van der Waals surface area contributed by atoms with Gasteiger partial charge in [-0.05, 0) is 30.0 Å². The van der Waals surface area contributed by atoms with Crippen LogP contribution < -0.4 is 10.4 Å². The third-order valence-electron chi connectivity index (χ3n) is 1.02. The predicted octanol–water partition coefficient (Wildman–Crippen LogP) is 2.32. The molecular formula is C6H7Cl2FN2. The Morgan fingerprint density at radius 3 is 2.64 bits per heavy atom. The summed E-state index contributed by atoms with van der Waals surface area (Å²) >= 11 is 5.10. The van der Waals surface area contributed by atoms with Crippen molar-refractivity contribution in [1.29, 1.82) is 0 Å². The number of hydrogen-bond donors (Lipinski definition) is 2. The zero-order valence-electron chi connectivity index (χ0n) is 5.47. The van der Waals surface area contributed by atoms with Crippen LogP contribution >= 0.6 is 24.2 Å². The standard InChI is InChI=1S/C6H6ClFN2.ClH/c7-10-9-6-3-1-2-5(8)4-6;/h1-4,9-10H;1H. The Bertz CT molecular complexity index is 219. The predicted molar refractivity (Wildman–Crippen MR) is 46.3 cm³/mol. The fourth-order valence-corrected chi connectivity index (χ4v) is 0.730. The van der Waals surface area contributed by atoms with E-state index in [0.717, 1.165) is 0 Å². The van der Waals surface area contributed by atoms with E-state index in [2.05, 4.69) is 10.4 Å². The second-order valence-electron chi connectivity index (χ2n) is 1.73. The highest BCUT2D eigenvalue weighted by atomic mass is 35.5. The molecule has 62 valence electrons. The summed E-state index contributed by atoms with van der Waals surface area (Å²) in [6, 6.07) is 5.97. The van der Waals surface area contributed by atoms with Crippen LogP contribution in [0.15, 0.2) is 24.3 Å². The Balaban J connectivity index is 0.000001000. The van der Waals surface area contributed by atoms with E-state index in [4.69, 9.17) is 11.8 Å². The summed E-state index contributed by atoms with van der Waals surface area (Å²) in [5.41, 5.74) is 3.12. The number of anilines is 1. The minimum absolute atomic E-state index is 0. The number of nitrogens with one attached hydrogen (secondary N) is 2. The van der Waals surface area contributed by atoms with Crippen LogP contribution in [0, 0.1) is 5.82 Å². The molecule has 0 saturated carbocycles. The van der Waals surface area contributed by atoms with Crippen LogP contribution in [0.1, 0.15) is 0 Å². The van der Waals surface area contributed by atoms with Crippen molar-refractivity contribution in [1.82, 2.24) is 4.94 Å². The molecule has 0 aromatic heterocycles. The van der Waals surface area contributed by atoms with Crippen molar-refractivity contribution >= 4 is 29.9 Å². The lowest BCUT2D eigenvalue weighted by atomic mass is 10.3. The Morgan fingerprint density at radius 1 is 1.36 bits per heavy atom. The Kier molecular flexibility index (Phi) is 4.94. The van der Waals surface area contributed by atoms with Crippen molar-refractivity contribution in [3.63, 3.8) is 0 Å². The summed E-state index contributed by atoms with van der Waals surface area (Å²) in [5, 5.41) is 0. The zero-order valence-corrected chi connectivity index (χ0v) is 7.05. The molecule has 0 bridgehead atoms. The number of hydrogen-bond acceptors (Lipinski definition) is 2. The number of halogens is 3. The molecule has 2 nitrogen and oxygen atoms in total. The molecule has 0 atom stereocenters. The van der Waals surface area contributed by atoms with E-state index >= 15 is 0 Å². The smallest absolute Gasteiger partial charge is 0.125 e. The van der Waals surface area contributed by atoms with Crippen LogP contribution in [0.2, 0.25) is 0 Å². The van der Waals surface area contributed by atoms with Crippen LogP contribution in [-0.2, 0) is 0 Å². The van der Waals surface area contributed by atoms with Gasteiger partial charge in [0, 0.05) is 0 Å². The molecule has 0 unspecified atom stereocenters. The van der Waals surface area contributed by atoms with E-state index in [1.54, 1.807) is 12.1 Å². The molecule has 11 heavy (non-hydrogen) atoms. The highest BCUT2D eigenvalue weighted by molar-refractivity contribution is 6.13. The van der Waals surface area contributed by atoms with Crippen LogP contribution in [0.25, 0.3) is 0 Å². The molecule has 0 aliphatic carbocycles. The van der Waals surface area contributed by atoms with Gasteiger partial charge in [0.1, 0.15) is 5.82 Å². The number of rotatable bonds is 2. The molecule has 0 fully saturated rings. The van der Waals surface area contributed by atoms with Gasteiger partial charge in [0.15, 0.2) is 0 Å². The van der Waals surface area contributed by atoms with Crippen molar-refractivity contribution < 1.29 is 4.39 Å². The van der Waals surface area contributed by atoms with Crippen molar-refractivity contribution in [2.75, 3.05) is 5.43 Å². The maximum Gasteiger partial charge on any atom is 0.125 e. The fourth-order valence-electron chi connectivity index (χ4n) is 0.621. The van der Waals surface area contributed by atoms with Crippen LogP contribution in [-0.4, -0.2) is 0 Å². The molecule has 0 aliphatic heterocycles. The quantitative estimate of drug-likeness (QED) is 0.561. The molecule has 5 heteroatoms. The van der Waals surface area contributed by atoms with Crippen molar-refractivity contribution in [3.05, 3.63) is 30.1 Å². The Hall–Kier alpha value is -0.510. The van der Waals surface area contributed by atoms with Crippen LogP contribution in [0.5, 0.6) is 0 Å². The van der Waals surface area contributed by atoms with E-state index in [9.17, 15) is 4.39 Å². The maximum atomic E-state index is 12.4. The second-order valence-corrected chi connectivity index (χ2v) is 1.92. The third kappa shape index (κ3) is 3.41. The van der Waals surface area contributed by atoms with Crippen LogP contribution in [0.4, 0.5) is 10.1 Å². The fraction of sp³-hybridized carbons (Fsp3) is 0. The van der Waals surface area contributed by atoms with E-state index < -0.39 is 0 Å². The maximum absolute atomic E-state index is 12.4. The van der Waals surface area contributed by atoms with Gasteiger partial charge in [-0.3, -0.25) is 0 Å². The summed E-state index contributed by atoms with van der Waals surface area (Å²) < 4.78 is 12.4. The van der Waals surface area contributed by atoms with Crippen LogP contribution in [0.3, 0.4) is 0 Å². The van der Waals surface area contributed by atoms with E-state index in [0.29, 0.717) is 5.69 Å². The van der Waals surface area contributed by atoms with Gasteiger partial charge >= 0.3 is 0 Å². The first kappa shape index (κ1) is 10.5. The molecule has 0 heterocycles. The van der Waals surface area contributed by atoms with Gasteiger partial charge in [0.25, 0.3) is 0 Å². The SMILES string of the molecule is Cl.Fc1cccc(NNCl)c1. The van der Waals surface area contributed by atoms with Gasteiger partial charge in [-0.25, -0.2) is 4.39 Å². The van der Waals surface area contributed by atoms with Gasteiger partial charge in [-0.1, -0.05) is 6.07 Å². The average Bonchev–Trinajstić information content (AvgIpc) is 1.88. The number of hydrazine groups is 1. The Morgan fingerprint density at radius 2 is 2.09 bits per heavy atom. The summed E-state index contributed by atoms with van der Waals surface area (Å²) in [4.78, 5) is 2.17. The topological polar surface area (TPSA) is 24.1 Å². The highest BCUT2D eigenvalue weighted by Crippen LogP contribution is 2.07.